The number of aliphatic hydroxyl groups excluding tert-OH is 1. The van der Waals surface area contributed by atoms with Crippen molar-refractivity contribution in [2.45, 2.75) is 25.3 Å². The van der Waals surface area contributed by atoms with Crippen LogP contribution < -0.4 is 0 Å². The number of carbonyl (C=O) groups is 1. The molecule has 0 aromatic heterocycles. The Hall–Kier alpha value is -0.710. The van der Waals surface area contributed by atoms with Crippen LogP contribution in [-0.4, -0.2) is 41.0 Å². The molecule has 0 unspecified atom stereocenters. The fourth-order valence-corrected chi connectivity index (χ4v) is 1.43. The molecule has 1 rings (SSSR count). The quantitative estimate of drug-likeness (QED) is 0.626. The highest BCUT2D eigenvalue weighted by Crippen LogP contribution is 2.31. The van der Waals surface area contributed by atoms with Gasteiger partial charge < -0.3 is 10.0 Å². The van der Waals surface area contributed by atoms with E-state index in [0.29, 0.717) is 0 Å². The lowest BCUT2D eigenvalue weighted by molar-refractivity contribution is -0.131. The Morgan fingerprint density at radius 2 is 2.33 bits per heavy atom. The van der Waals surface area contributed by atoms with E-state index >= 15 is 0 Å². The molecule has 12 heavy (non-hydrogen) atoms. The molecule has 0 radical (unpaired) electrons. The van der Waals surface area contributed by atoms with Crippen molar-refractivity contribution in [1.82, 2.24) is 4.90 Å². The van der Waals surface area contributed by atoms with Crippen LogP contribution in [0.25, 0.3) is 0 Å². The van der Waals surface area contributed by atoms with Gasteiger partial charge in [-0.25, -0.2) is 8.78 Å². The number of rotatable bonds is 1. The first-order valence-corrected chi connectivity index (χ1v) is 3.72. The van der Waals surface area contributed by atoms with Crippen molar-refractivity contribution in [2.75, 3.05) is 13.2 Å². The second-order valence-electron chi connectivity index (χ2n) is 3.04. The molecule has 0 spiro atoms. The molecule has 70 valence electrons. The summed E-state index contributed by atoms with van der Waals surface area (Å²) in [5.41, 5.74) is 0. The number of aliphatic hydroxyl groups is 1. The van der Waals surface area contributed by atoms with Crippen molar-refractivity contribution in [3.8, 4) is 0 Å². The van der Waals surface area contributed by atoms with Crippen LogP contribution in [0.15, 0.2) is 0 Å². The van der Waals surface area contributed by atoms with E-state index in [1.807, 2.05) is 0 Å². The summed E-state index contributed by atoms with van der Waals surface area (Å²) >= 11 is 0. The Labute approximate surface area is 69.0 Å². The minimum absolute atomic E-state index is 0.394. The number of carbonyl (C=O) groups excluding carboxylic acids is 1. The molecule has 1 atom stereocenters. The molecule has 1 aliphatic heterocycles. The zero-order valence-electron chi connectivity index (χ0n) is 6.76. The normalized spacial score (nSPS) is 27.7. The summed E-state index contributed by atoms with van der Waals surface area (Å²) in [6.45, 7) is 0.271. The zero-order valence-corrected chi connectivity index (χ0v) is 6.76. The molecule has 1 saturated heterocycles. The van der Waals surface area contributed by atoms with Crippen LogP contribution in [0.2, 0.25) is 0 Å². The van der Waals surface area contributed by atoms with Gasteiger partial charge in [-0.05, 0) is 0 Å². The molecule has 0 saturated carbocycles. The van der Waals surface area contributed by atoms with Gasteiger partial charge in [0.2, 0.25) is 5.91 Å². The summed E-state index contributed by atoms with van der Waals surface area (Å²) < 4.78 is 25.4. The number of alkyl halides is 2. The molecule has 1 fully saturated rings. The van der Waals surface area contributed by atoms with Crippen molar-refractivity contribution in [3.63, 3.8) is 0 Å². The first-order valence-electron chi connectivity index (χ1n) is 3.72. The molecule has 3 nitrogen and oxygen atoms in total. The summed E-state index contributed by atoms with van der Waals surface area (Å²) in [5.74, 6) is -3.25. The van der Waals surface area contributed by atoms with Crippen molar-refractivity contribution in [1.29, 1.82) is 0 Å². The highest BCUT2D eigenvalue weighted by molar-refractivity contribution is 5.74. The number of hydrogen-bond donors (Lipinski definition) is 1. The van der Waals surface area contributed by atoms with Crippen LogP contribution in [0.3, 0.4) is 0 Å². The average molecular weight is 179 g/mol. The first-order chi connectivity index (χ1) is 5.46. The van der Waals surface area contributed by atoms with Crippen molar-refractivity contribution < 1.29 is 18.7 Å². The van der Waals surface area contributed by atoms with Gasteiger partial charge in [0, 0.05) is 13.3 Å². The van der Waals surface area contributed by atoms with Crippen LogP contribution in [0, 0.1) is 0 Å². The molecule has 1 aliphatic rings. The minimum atomic E-state index is -2.83. The second kappa shape index (κ2) is 2.97. The fourth-order valence-electron chi connectivity index (χ4n) is 1.43. The monoisotopic (exact) mass is 179 g/mol. The summed E-state index contributed by atoms with van der Waals surface area (Å²) in [7, 11) is 0. The van der Waals surface area contributed by atoms with Gasteiger partial charge in [-0.15, -0.1) is 0 Å². The fraction of sp³-hybridized carbons (Fsp3) is 0.857. The maximum Gasteiger partial charge on any atom is 0.267 e. The van der Waals surface area contributed by atoms with Gasteiger partial charge in [0.15, 0.2) is 0 Å². The Kier molecular flexibility index (Phi) is 2.32. The lowest BCUT2D eigenvalue weighted by Crippen LogP contribution is -2.36. The van der Waals surface area contributed by atoms with E-state index in [2.05, 4.69) is 0 Å². The Morgan fingerprint density at radius 1 is 1.75 bits per heavy atom. The second-order valence-corrected chi connectivity index (χ2v) is 3.04. The smallest absolute Gasteiger partial charge is 0.267 e. The van der Waals surface area contributed by atoms with E-state index in [1.54, 1.807) is 0 Å². The first kappa shape index (κ1) is 9.38. The molecule has 0 aromatic rings. The van der Waals surface area contributed by atoms with Gasteiger partial charge in [-0.2, -0.15) is 0 Å². The zero-order chi connectivity index (χ0) is 9.35. The lowest BCUT2D eigenvalue weighted by atomic mass is 10.2. The van der Waals surface area contributed by atoms with Gasteiger partial charge in [0.05, 0.1) is 19.2 Å². The largest absolute Gasteiger partial charge is 0.394 e. The van der Waals surface area contributed by atoms with Gasteiger partial charge >= 0.3 is 0 Å². The van der Waals surface area contributed by atoms with Crippen LogP contribution in [-0.2, 0) is 4.79 Å². The van der Waals surface area contributed by atoms with Crippen molar-refractivity contribution >= 4 is 5.91 Å². The predicted molar refractivity (Wildman–Crippen MR) is 37.8 cm³/mol. The molecule has 0 aliphatic carbocycles. The third-order valence-corrected chi connectivity index (χ3v) is 1.99. The number of nitrogens with zero attached hydrogens (tertiary/aromatic N) is 1. The summed E-state index contributed by atoms with van der Waals surface area (Å²) in [5, 5.41) is 8.69. The molecule has 1 N–H and O–H groups in total. The van der Waals surface area contributed by atoms with E-state index < -0.39 is 37.4 Å². The molecule has 1 heterocycles. The Balaban J connectivity index is 2.69. The maximum absolute atomic E-state index is 12.7. The van der Waals surface area contributed by atoms with E-state index in [9.17, 15) is 13.6 Å². The Bertz CT molecular complexity index is 196. The maximum atomic E-state index is 12.7. The van der Waals surface area contributed by atoms with Crippen molar-refractivity contribution in [2.24, 2.45) is 0 Å². The minimum Gasteiger partial charge on any atom is -0.394 e. The average Bonchev–Trinajstić information content (AvgIpc) is 2.25. The predicted octanol–water partition coefficient (Wildman–Crippen LogP) is 0.235. The molecule has 5 heteroatoms. The van der Waals surface area contributed by atoms with Crippen LogP contribution >= 0.6 is 0 Å². The van der Waals surface area contributed by atoms with Gasteiger partial charge in [0.25, 0.3) is 5.92 Å². The summed E-state index contributed by atoms with van der Waals surface area (Å²) in [6.07, 6.45) is -0.428. The standard InChI is InChI=1S/C7H11F2NO2/c1-5(12)10-4-7(8,9)2-6(10)3-11/h6,11H,2-4H2,1H3/t6-/m1/s1. The Morgan fingerprint density at radius 3 is 2.67 bits per heavy atom. The SMILES string of the molecule is CC(=O)N1CC(F)(F)C[C@@H]1CO. The highest BCUT2D eigenvalue weighted by atomic mass is 19.3. The molecule has 0 bridgehead atoms. The molecule has 1 amide bonds. The van der Waals surface area contributed by atoms with E-state index in [4.69, 9.17) is 5.11 Å². The van der Waals surface area contributed by atoms with E-state index in [-0.39, 0.29) is 0 Å². The van der Waals surface area contributed by atoms with Crippen molar-refractivity contribution in [3.05, 3.63) is 0 Å². The van der Waals surface area contributed by atoms with Gasteiger partial charge in [-0.3, -0.25) is 4.79 Å². The third kappa shape index (κ3) is 1.72. The molecular weight excluding hydrogens is 168 g/mol. The van der Waals surface area contributed by atoms with E-state index in [1.165, 1.54) is 6.92 Å². The van der Waals surface area contributed by atoms with Crippen LogP contribution in [0.4, 0.5) is 8.78 Å². The third-order valence-electron chi connectivity index (χ3n) is 1.99. The summed E-state index contributed by atoms with van der Waals surface area (Å²) in [6, 6.07) is -0.711. The number of likely N-dealkylation sites (tertiary alicyclic amines) is 1. The number of halogens is 2. The highest BCUT2D eigenvalue weighted by Gasteiger charge is 2.45. The number of amides is 1. The van der Waals surface area contributed by atoms with Gasteiger partial charge in [0.1, 0.15) is 0 Å². The van der Waals surface area contributed by atoms with E-state index in [0.717, 1.165) is 4.90 Å². The number of hydrogen-bond acceptors (Lipinski definition) is 2. The molecular formula is C7H11F2NO2. The van der Waals surface area contributed by atoms with Gasteiger partial charge in [-0.1, -0.05) is 0 Å². The summed E-state index contributed by atoms with van der Waals surface area (Å²) in [4.78, 5) is 11.8. The van der Waals surface area contributed by atoms with Crippen LogP contribution in [0.1, 0.15) is 13.3 Å². The topological polar surface area (TPSA) is 40.5 Å². The van der Waals surface area contributed by atoms with Crippen LogP contribution in [0.5, 0.6) is 0 Å². The lowest BCUT2D eigenvalue weighted by Gasteiger charge is -2.19. The molecule has 0 aromatic carbocycles.